The number of aryl methyl sites for hydroxylation is 2. The molecule has 0 amide bonds. The molecule has 0 fully saturated rings. The summed E-state index contributed by atoms with van der Waals surface area (Å²) in [7, 11) is 0. The zero-order valence-corrected chi connectivity index (χ0v) is 10.6. The maximum atomic E-state index is 11.5. The molecular weight excluding hydrogens is 228 g/mol. The van der Waals surface area contributed by atoms with Gasteiger partial charge in [0.05, 0.1) is 11.5 Å². The molecule has 3 heteroatoms. The van der Waals surface area contributed by atoms with Crippen LogP contribution in [0.4, 0.5) is 0 Å². The third-order valence-corrected chi connectivity index (χ3v) is 2.67. The van der Waals surface area contributed by atoms with Crippen molar-refractivity contribution in [3.05, 3.63) is 39.7 Å². The van der Waals surface area contributed by atoms with Crippen molar-refractivity contribution in [1.29, 1.82) is 0 Å². The number of fused-ring (bicyclic) bond motifs is 1. The second-order valence-corrected chi connectivity index (χ2v) is 4.31. The van der Waals surface area contributed by atoms with Crippen molar-refractivity contribution in [2.75, 3.05) is 0 Å². The zero-order chi connectivity index (χ0) is 13.3. The number of benzene rings is 1. The van der Waals surface area contributed by atoms with Crippen LogP contribution in [0.5, 0.6) is 5.75 Å². The Morgan fingerprint density at radius 2 is 2.06 bits per heavy atom. The van der Waals surface area contributed by atoms with E-state index >= 15 is 0 Å². The van der Waals surface area contributed by atoms with Gasteiger partial charge in [0.15, 0.2) is 6.10 Å². The fourth-order valence-electron chi connectivity index (χ4n) is 1.91. The fraction of sp³-hybridized carbons (Fsp3) is 0.267. The highest BCUT2D eigenvalue weighted by Gasteiger charge is 2.11. The average Bonchev–Trinajstić information content (AvgIpc) is 2.30. The summed E-state index contributed by atoms with van der Waals surface area (Å²) in [5.74, 6) is 2.94. The summed E-state index contributed by atoms with van der Waals surface area (Å²) in [5.41, 5.74) is 2.09. The first-order valence-electron chi connectivity index (χ1n) is 5.69. The van der Waals surface area contributed by atoms with Crippen LogP contribution in [0.25, 0.3) is 11.0 Å². The van der Waals surface area contributed by atoms with E-state index in [0.29, 0.717) is 11.3 Å². The highest BCUT2D eigenvalue weighted by Crippen LogP contribution is 2.28. The van der Waals surface area contributed by atoms with Gasteiger partial charge in [-0.25, -0.2) is 4.79 Å². The summed E-state index contributed by atoms with van der Waals surface area (Å²) >= 11 is 0. The van der Waals surface area contributed by atoms with Crippen LogP contribution in [0.3, 0.4) is 0 Å². The normalized spacial score (nSPS) is 12.1. The van der Waals surface area contributed by atoms with Crippen molar-refractivity contribution >= 4 is 11.0 Å². The van der Waals surface area contributed by atoms with Crippen LogP contribution in [0.2, 0.25) is 0 Å². The van der Waals surface area contributed by atoms with Gasteiger partial charge >= 0.3 is 5.63 Å². The fourth-order valence-corrected chi connectivity index (χ4v) is 1.91. The lowest BCUT2D eigenvalue weighted by Crippen LogP contribution is -2.11. The molecule has 0 aliphatic carbocycles. The third-order valence-electron chi connectivity index (χ3n) is 2.67. The van der Waals surface area contributed by atoms with E-state index in [4.69, 9.17) is 15.6 Å². The van der Waals surface area contributed by atoms with Crippen LogP contribution in [-0.2, 0) is 0 Å². The predicted molar refractivity (Wildman–Crippen MR) is 70.9 cm³/mol. The van der Waals surface area contributed by atoms with E-state index in [1.54, 1.807) is 6.92 Å². The quantitative estimate of drug-likeness (QED) is 0.600. The third kappa shape index (κ3) is 2.23. The first-order valence-corrected chi connectivity index (χ1v) is 5.69. The molecule has 3 nitrogen and oxygen atoms in total. The van der Waals surface area contributed by atoms with Crippen molar-refractivity contribution in [2.24, 2.45) is 0 Å². The van der Waals surface area contributed by atoms with Gasteiger partial charge in [-0.2, -0.15) is 0 Å². The van der Waals surface area contributed by atoms with Crippen LogP contribution >= 0.6 is 0 Å². The summed E-state index contributed by atoms with van der Waals surface area (Å²) in [6, 6.07) is 5.21. The van der Waals surface area contributed by atoms with E-state index in [-0.39, 0.29) is 0 Å². The smallest absolute Gasteiger partial charge is 0.339 e. The van der Waals surface area contributed by atoms with Crippen LogP contribution in [0, 0.1) is 26.2 Å². The van der Waals surface area contributed by atoms with Crippen LogP contribution in [-0.4, -0.2) is 6.10 Å². The Balaban J connectivity index is 2.72. The van der Waals surface area contributed by atoms with E-state index in [9.17, 15) is 4.79 Å². The van der Waals surface area contributed by atoms with Gasteiger partial charge < -0.3 is 9.15 Å². The lowest BCUT2D eigenvalue weighted by molar-refractivity contribution is 0.280. The van der Waals surface area contributed by atoms with E-state index in [1.165, 1.54) is 6.07 Å². The Morgan fingerprint density at radius 1 is 1.33 bits per heavy atom. The molecule has 0 radical (unpaired) electrons. The van der Waals surface area contributed by atoms with E-state index < -0.39 is 11.7 Å². The molecule has 0 saturated carbocycles. The first-order chi connectivity index (χ1) is 8.51. The Bertz CT molecular complexity index is 689. The molecule has 92 valence electrons. The van der Waals surface area contributed by atoms with Crippen LogP contribution < -0.4 is 10.4 Å². The summed E-state index contributed by atoms with van der Waals surface area (Å²) < 4.78 is 10.8. The molecule has 1 atom stereocenters. The molecule has 0 bridgehead atoms. The molecule has 18 heavy (non-hydrogen) atoms. The van der Waals surface area contributed by atoms with Gasteiger partial charge in [-0.05, 0) is 38.0 Å². The molecule has 2 aromatic rings. The topological polar surface area (TPSA) is 39.4 Å². The Kier molecular flexibility index (Phi) is 3.12. The van der Waals surface area contributed by atoms with Crippen molar-refractivity contribution < 1.29 is 9.15 Å². The minimum absolute atomic E-state index is 0.393. The molecule has 0 spiro atoms. The molecule has 0 aliphatic rings. The van der Waals surface area contributed by atoms with Gasteiger partial charge in [0.1, 0.15) is 11.3 Å². The monoisotopic (exact) mass is 242 g/mol. The minimum Gasteiger partial charge on any atom is -0.477 e. The second-order valence-electron chi connectivity index (χ2n) is 4.31. The standard InChI is InChI=1S/C15H14O3/c1-5-11(4)17-13-8-14(16)18-15-10(3)6-9(2)7-12(13)15/h1,6-8,11H,2-4H3. The number of ether oxygens (including phenoxy) is 1. The number of terminal acetylenes is 1. The van der Waals surface area contributed by atoms with E-state index in [1.807, 2.05) is 26.0 Å². The highest BCUT2D eigenvalue weighted by molar-refractivity contribution is 5.86. The first kappa shape index (κ1) is 12.3. The Hall–Kier alpha value is -2.21. The Labute approximate surface area is 105 Å². The van der Waals surface area contributed by atoms with Crippen molar-refractivity contribution in [3.63, 3.8) is 0 Å². The van der Waals surface area contributed by atoms with Gasteiger partial charge in [-0.3, -0.25) is 0 Å². The maximum Gasteiger partial charge on any atom is 0.339 e. The van der Waals surface area contributed by atoms with Gasteiger partial charge in [0, 0.05) is 0 Å². The molecule has 1 heterocycles. The Morgan fingerprint density at radius 3 is 2.72 bits per heavy atom. The van der Waals surface area contributed by atoms with Gasteiger partial charge in [-0.1, -0.05) is 12.0 Å². The molecule has 1 aromatic heterocycles. The van der Waals surface area contributed by atoms with E-state index in [2.05, 4.69) is 5.92 Å². The van der Waals surface area contributed by atoms with Crippen LogP contribution in [0.15, 0.2) is 27.4 Å². The molecule has 0 saturated heterocycles. The largest absolute Gasteiger partial charge is 0.477 e. The lowest BCUT2D eigenvalue weighted by Gasteiger charge is -2.12. The molecule has 0 N–H and O–H groups in total. The molecule has 0 aliphatic heterocycles. The highest BCUT2D eigenvalue weighted by atomic mass is 16.5. The second kappa shape index (κ2) is 4.58. The molecular formula is C15H14O3. The van der Waals surface area contributed by atoms with Gasteiger partial charge in [0.25, 0.3) is 0 Å². The minimum atomic E-state index is -0.436. The van der Waals surface area contributed by atoms with Gasteiger partial charge in [0.2, 0.25) is 0 Å². The molecule has 1 unspecified atom stereocenters. The number of rotatable bonds is 2. The number of hydrogen-bond donors (Lipinski definition) is 0. The SMILES string of the molecule is C#CC(C)Oc1cc(=O)oc2c(C)cc(C)cc12. The molecule has 2 rings (SSSR count). The van der Waals surface area contributed by atoms with Crippen molar-refractivity contribution in [1.82, 2.24) is 0 Å². The predicted octanol–water partition coefficient (Wildman–Crippen LogP) is 2.81. The maximum absolute atomic E-state index is 11.5. The molecule has 1 aromatic carbocycles. The van der Waals surface area contributed by atoms with Crippen molar-refractivity contribution in [3.8, 4) is 18.1 Å². The van der Waals surface area contributed by atoms with Gasteiger partial charge in [-0.15, -0.1) is 6.42 Å². The zero-order valence-electron chi connectivity index (χ0n) is 10.6. The summed E-state index contributed by atoms with van der Waals surface area (Å²) in [6.07, 6.45) is 4.89. The average molecular weight is 242 g/mol. The lowest BCUT2D eigenvalue weighted by atomic mass is 10.1. The summed E-state index contributed by atoms with van der Waals surface area (Å²) in [5, 5.41) is 0.772. The number of hydrogen-bond acceptors (Lipinski definition) is 3. The van der Waals surface area contributed by atoms with Crippen molar-refractivity contribution in [2.45, 2.75) is 26.9 Å². The van der Waals surface area contributed by atoms with E-state index in [0.717, 1.165) is 16.5 Å². The summed E-state index contributed by atoms with van der Waals surface area (Å²) in [6.45, 7) is 5.63. The van der Waals surface area contributed by atoms with Crippen LogP contribution in [0.1, 0.15) is 18.1 Å². The summed E-state index contributed by atoms with van der Waals surface area (Å²) in [4.78, 5) is 11.5.